The van der Waals surface area contributed by atoms with E-state index in [1.807, 2.05) is 42.5 Å². The lowest BCUT2D eigenvalue weighted by molar-refractivity contribution is 1.24. The monoisotopic (exact) mass is 308 g/mol. The quantitative estimate of drug-likeness (QED) is 0.638. The fraction of sp³-hybridized carbons (Fsp3) is 0.0588. The molecule has 102 valence electrons. The smallest absolute Gasteiger partial charge is 0.150 e. The summed E-state index contributed by atoms with van der Waals surface area (Å²) in [5.41, 5.74) is 3.95. The van der Waals surface area contributed by atoms with Gasteiger partial charge >= 0.3 is 0 Å². The van der Waals surface area contributed by atoms with Gasteiger partial charge in [-0.25, -0.2) is 4.98 Å². The van der Waals surface area contributed by atoms with Crippen LogP contribution in [0.4, 0.5) is 0 Å². The van der Waals surface area contributed by atoms with Gasteiger partial charge in [0.25, 0.3) is 0 Å². The Hall–Kier alpha value is -2.09. The van der Waals surface area contributed by atoms with Crippen molar-refractivity contribution in [3.05, 3.63) is 71.1 Å². The maximum atomic E-state index is 9.10. The Bertz CT molecular complexity index is 773. The molecule has 0 saturated carbocycles. The van der Waals surface area contributed by atoms with Gasteiger partial charge in [-0.15, -0.1) is 11.3 Å². The van der Waals surface area contributed by atoms with E-state index in [4.69, 9.17) is 5.26 Å². The lowest BCUT2D eigenvalue weighted by Gasteiger charge is -2.01. The second-order valence-electron chi connectivity index (χ2n) is 4.42. The van der Waals surface area contributed by atoms with Crippen LogP contribution in [-0.2, 0) is 5.75 Å². The van der Waals surface area contributed by atoms with Crippen molar-refractivity contribution in [2.45, 2.75) is 10.1 Å². The molecular weight excluding hydrogens is 296 g/mol. The van der Waals surface area contributed by atoms with Crippen LogP contribution in [0.5, 0.6) is 0 Å². The Morgan fingerprint density at radius 1 is 1.05 bits per heavy atom. The zero-order valence-electron chi connectivity index (χ0n) is 11.2. The Morgan fingerprint density at radius 2 is 1.81 bits per heavy atom. The number of thiazole rings is 1. The van der Waals surface area contributed by atoms with Gasteiger partial charge in [-0.3, -0.25) is 0 Å². The summed E-state index contributed by atoms with van der Waals surface area (Å²) in [5.74, 6) is 0.769. The van der Waals surface area contributed by atoms with Gasteiger partial charge in [-0.05, 0) is 11.6 Å². The molecule has 2 aromatic carbocycles. The highest BCUT2D eigenvalue weighted by molar-refractivity contribution is 8.00. The molecule has 0 saturated heterocycles. The maximum absolute atomic E-state index is 9.10. The normalized spacial score (nSPS) is 10.2. The van der Waals surface area contributed by atoms with E-state index in [-0.39, 0.29) is 0 Å². The average Bonchev–Trinajstić information content (AvgIpc) is 3.03. The highest BCUT2D eigenvalue weighted by Crippen LogP contribution is 2.30. The summed E-state index contributed by atoms with van der Waals surface area (Å²) in [6.07, 6.45) is 0. The summed E-state index contributed by atoms with van der Waals surface area (Å²) in [6.45, 7) is 0. The van der Waals surface area contributed by atoms with Crippen LogP contribution in [-0.4, -0.2) is 4.98 Å². The van der Waals surface area contributed by atoms with Crippen molar-refractivity contribution < 1.29 is 0 Å². The maximum Gasteiger partial charge on any atom is 0.150 e. The van der Waals surface area contributed by atoms with E-state index < -0.39 is 0 Å². The largest absolute Gasteiger partial charge is 0.230 e. The lowest BCUT2D eigenvalue weighted by Crippen LogP contribution is -1.86. The molecule has 0 aliphatic rings. The molecule has 21 heavy (non-hydrogen) atoms. The molecule has 2 nitrogen and oxygen atoms in total. The average molecular weight is 308 g/mol. The van der Waals surface area contributed by atoms with Gasteiger partial charge in [0.1, 0.15) is 0 Å². The first-order valence-electron chi connectivity index (χ1n) is 6.48. The fourth-order valence-electron chi connectivity index (χ4n) is 1.96. The first kappa shape index (κ1) is 13.9. The summed E-state index contributed by atoms with van der Waals surface area (Å²) >= 11 is 3.32. The van der Waals surface area contributed by atoms with Crippen molar-refractivity contribution in [1.82, 2.24) is 4.98 Å². The van der Waals surface area contributed by atoms with Crippen molar-refractivity contribution in [1.29, 1.82) is 5.26 Å². The van der Waals surface area contributed by atoms with Crippen LogP contribution in [0.1, 0.15) is 11.1 Å². The van der Waals surface area contributed by atoms with Crippen LogP contribution in [0, 0.1) is 11.3 Å². The van der Waals surface area contributed by atoms with Crippen LogP contribution in [0.25, 0.3) is 11.3 Å². The van der Waals surface area contributed by atoms with Crippen molar-refractivity contribution >= 4 is 23.1 Å². The minimum atomic E-state index is 0.741. The van der Waals surface area contributed by atoms with Crippen LogP contribution < -0.4 is 0 Å². The SMILES string of the molecule is N#Cc1ccccc1CSc1nc(-c2ccccc2)cs1. The zero-order chi connectivity index (χ0) is 14.5. The second kappa shape index (κ2) is 6.57. The third kappa shape index (κ3) is 3.33. The predicted octanol–water partition coefficient (Wildman–Crippen LogP) is 4.97. The minimum Gasteiger partial charge on any atom is -0.230 e. The van der Waals surface area contributed by atoms with Gasteiger partial charge < -0.3 is 0 Å². The van der Waals surface area contributed by atoms with E-state index in [9.17, 15) is 0 Å². The topological polar surface area (TPSA) is 36.7 Å². The molecular formula is C17H12N2S2. The first-order valence-corrected chi connectivity index (χ1v) is 8.35. The summed E-state index contributed by atoms with van der Waals surface area (Å²) in [6, 6.07) is 20.1. The molecule has 0 aliphatic heterocycles. The van der Waals surface area contributed by atoms with Crippen LogP contribution in [0.15, 0.2) is 64.3 Å². The Balaban J connectivity index is 1.72. The highest BCUT2D eigenvalue weighted by Gasteiger charge is 2.07. The van der Waals surface area contributed by atoms with E-state index in [0.717, 1.165) is 32.5 Å². The standard InChI is InChI=1S/C17H12N2S2/c18-10-14-8-4-5-9-15(14)11-20-17-19-16(12-21-17)13-6-2-1-3-7-13/h1-9,12H,11H2. The summed E-state index contributed by atoms with van der Waals surface area (Å²) in [7, 11) is 0. The third-order valence-electron chi connectivity index (χ3n) is 3.04. The molecule has 1 aromatic heterocycles. The number of nitriles is 1. The highest BCUT2D eigenvalue weighted by atomic mass is 32.2. The molecule has 4 heteroatoms. The molecule has 3 aromatic rings. The molecule has 0 fully saturated rings. The summed E-state index contributed by atoms with van der Waals surface area (Å²) in [5, 5.41) is 11.2. The van der Waals surface area contributed by atoms with Crippen LogP contribution in [0.3, 0.4) is 0 Å². The summed E-state index contributed by atoms with van der Waals surface area (Å²) < 4.78 is 1.03. The Morgan fingerprint density at radius 3 is 2.62 bits per heavy atom. The lowest BCUT2D eigenvalue weighted by atomic mass is 10.1. The third-order valence-corrected chi connectivity index (χ3v) is 5.11. The van der Waals surface area contributed by atoms with Crippen molar-refractivity contribution in [3.8, 4) is 17.3 Å². The van der Waals surface area contributed by atoms with E-state index in [0.29, 0.717) is 0 Å². The van der Waals surface area contributed by atoms with Gasteiger partial charge in [-0.1, -0.05) is 60.3 Å². The zero-order valence-corrected chi connectivity index (χ0v) is 12.8. The molecule has 0 bridgehead atoms. The molecule has 3 rings (SSSR count). The number of benzene rings is 2. The molecule has 1 heterocycles. The number of aromatic nitrogens is 1. The number of nitrogens with zero attached hydrogens (tertiary/aromatic N) is 2. The van der Waals surface area contributed by atoms with Crippen molar-refractivity contribution in [2.24, 2.45) is 0 Å². The first-order chi connectivity index (χ1) is 10.4. The second-order valence-corrected chi connectivity index (χ2v) is 6.50. The molecule has 0 aliphatic carbocycles. The van der Waals surface area contributed by atoms with Gasteiger partial charge in [0.2, 0.25) is 0 Å². The molecule has 0 radical (unpaired) electrons. The molecule has 0 N–H and O–H groups in total. The number of rotatable bonds is 4. The Kier molecular flexibility index (Phi) is 4.34. The van der Waals surface area contributed by atoms with Gasteiger partial charge in [0.15, 0.2) is 4.34 Å². The number of hydrogen-bond donors (Lipinski definition) is 0. The molecule has 0 spiro atoms. The molecule has 0 atom stereocenters. The fourth-order valence-corrected chi connectivity index (χ4v) is 3.80. The van der Waals surface area contributed by atoms with E-state index in [2.05, 4.69) is 28.6 Å². The number of hydrogen-bond acceptors (Lipinski definition) is 4. The van der Waals surface area contributed by atoms with E-state index >= 15 is 0 Å². The molecule has 0 amide bonds. The molecule has 0 unspecified atom stereocenters. The van der Waals surface area contributed by atoms with Gasteiger partial charge in [0, 0.05) is 16.7 Å². The van der Waals surface area contributed by atoms with E-state index in [1.165, 1.54) is 0 Å². The van der Waals surface area contributed by atoms with Crippen LogP contribution in [0.2, 0.25) is 0 Å². The van der Waals surface area contributed by atoms with Gasteiger partial charge in [0.05, 0.1) is 17.3 Å². The van der Waals surface area contributed by atoms with Crippen molar-refractivity contribution in [3.63, 3.8) is 0 Å². The minimum absolute atomic E-state index is 0.741. The van der Waals surface area contributed by atoms with Crippen molar-refractivity contribution in [2.75, 3.05) is 0 Å². The van der Waals surface area contributed by atoms with Crippen LogP contribution >= 0.6 is 23.1 Å². The Labute approximate surface area is 132 Å². The predicted molar refractivity (Wildman–Crippen MR) is 88.3 cm³/mol. The van der Waals surface area contributed by atoms with Gasteiger partial charge in [-0.2, -0.15) is 5.26 Å². The number of thioether (sulfide) groups is 1. The summed E-state index contributed by atoms with van der Waals surface area (Å²) in [4.78, 5) is 4.65. The van der Waals surface area contributed by atoms with E-state index in [1.54, 1.807) is 23.1 Å².